The van der Waals surface area contributed by atoms with Crippen LogP contribution < -0.4 is 5.32 Å². The van der Waals surface area contributed by atoms with Gasteiger partial charge in [-0.2, -0.15) is 5.10 Å². The fourth-order valence-corrected chi connectivity index (χ4v) is 2.02. The third-order valence-corrected chi connectivity index (χ3v) is 2.77. The van der Waals surface area contributed by atoms with Crippen molar-refractivity contribution in [3.05, 3.63) is 30.2 Å². The second-order valence-corrected chi connectivity index (χ2v) is 3.67. The summed E-state index contributed by atoms with van der Waals surface area (Å²) in [5, 5.41) is 7.54. The lowest BCUT2D eigenvalue weighted by Crippen LogP contribution is -2.12. The van der Waals surface area contributed by atoms with E-state index < -0.39 is 0 Å². The Bertz CT molecular complexity index is 442. The van der Waals surface area contributed by atoms with Crippen LogP contribution in [0.15, 0.2) is 24.7 Å². The van der Waals surface area contributed by atoms with E-state index in [1.54, 1.807) is 10.8 Å². The van der Waals surface area contributed by atoms with Crippen molar-refractivity contribution in [3.63, 3.8) is 0 Å². The highest BCUT2D eigenvalue weighted by Gasteiger charge is 2.16. The summed E-state index contributed by atoms with van der Waals surface area (Å²) >= 11 is 0. The minimum absolute atomic E-state index is 0.511. The van der Waals surface area contributed by atoms with E-state index in [2.05, 4.69) is 27.5 Å². The minimum Gasteiger partial charge on any atom is -0.310 e. The number of aromatic nitrogens is 3. The van der Waals surface area contributed by atoms with Crippen molar-refractivity contribution in [2.45, 2.75) is 18.9 Å². The Hall–Kier alpha value is -1.42. The standard InChI is InChI=1S/C10H12N4/c1-2-9(11-4-1)8-3-5-14-10(6-8)12-7-13-14/h3,5-7,9,11H,1-2,4H2/t9-/m1/s1. The normalized spacial score (nSPS) is 21.9. The van der Waals surface area contributed by atoms with Crippen LogP contribution >= 0.6 is 0 Å². The summed E-state index contributed by atoms with van der Waals surface area (Å²) in [5.41, 5.74) is 2.25. The number of hydrogen-bond donors (Lipinski definition) is 1. The molecule has 0 amide bonds. The Labute approximate surface area is 82.0 Å². The van der Waals surface area contributed by atoms with Gasteiger partial charge in [0.15, 0.2) is 5.65 Å². The molecule has 0 unspecified atom stereocenters. The van der Waals surface area contributed by atoms with Gasteiger partial charge in [-0.05, 0) is 37.1 Å². The average molecular weight is 188 g/mol. The van der Waals surface area contributed by atoms with E-state index in [1.165, 1.54) is 18.4 Å². The fourth-order valence-electron chi connectivity index (χ4n) is 2.02. The zero-order valence-electron chi connectivity index (χ0n) is 7.85. The monoisotopic (exact) mass is 188 g/mol. The summed E-state index contributed by atoms with van der Waals surface area (Å²) < 4.78 is 1.79. The molecule has 1 fully saturated rings. The van der Waals surface area contributed by atoms with E-state index in [0.717, 1.165) is 12.2 Å². The Morgan fingerprint density at radius 3 is 3.36 bits per heavy atom. The number of nitrogens with zero attached hydrogens (tertiary/aromatic N) is 3. The first kappa shape index (κ1) is 7.94. The van der Waals surface area contributed by atoms with Gasteiger partial charge in [-0.1, -0.05) is 0 Å². The summed E-state index contributed by atoms with van der Waals surface area (Å²) in [4.78, 5) is 4.17. The zero-order valence-corrected chi connectivity index (χ0v) is 7.85. The summed E-state index contributed by atoms with van der Waals surface area (Å²) in [7, 11) is 0. The molecule has 2 aromatic heterocycles. The molecule has 0 aliphatic carbocycles. The van der Waals surface area contributed by atoms with E-state index in [1.807, 2.05) is 6.20 Å². The molecule has 1 aliphatic rings. The van der Waals surface area contributed by atoms with Crippen LogP contribution in [0.25, 0.3) is 5.65 Å². The number of hydrogen-bond acceptors (Lipinski definition) is 3. The van der Waals surface area contributed by atoms with Crippen LogP contribution in [0.4, 0.5) is 0 Å². The average Bonchev–Trinajstić information content (AvgIpc) is 2.88. The van der Waals surface area contributed by atoms with Crippen LogP contribution in [0.5, 0.6) is 0 Å². The lowest BCUT2D eigenvalue weighted by molar-refractivity contribution is 0.646. The first-order valence-corrected chi connectivity index (χ1v) is 4.96. The number of rotatable bonds is 1. The van der Waals surface area contributed by atoms with Crippen LogP contribution in [-0.4, -0.2) is 21.1 Å². The molecule has 0 aromatic carbocycles. The third kappa shape index (κ3) is 1.19. The predicted molar refractivity (Wildman–Crippen MR) is 53.0 cm³/mol. The molecule has 4 heteroatoms. The maximum atomic E-state index is 4.17. The topological polar surface area (TPSA) is 42.2 Å². The van der Waals surface area contributed by atoms with Crippen molar-refractivity contribution in [2.75, 3.05) is 6.54 Å². The van der Waals surface area contributed by atoms with Crippen molar-refractivity contribution in [2.24, 2.45) is 0 Å². The van der Waals surface area contributed by atoms with Crippen LogP contribution in [0.3, 0.4) is 0 Å². The predicted octanol–water partition coefficient (Wildman–Crippen LogP) is 1.15. The molecule has 0 radical (unpaired) electrons. The molecule has 1 atom stereocenters. The van der Waals surface area contributed by atoms with Gasteiger partial charge in [0.25, 0.3) is 0 Å². The second kappa shape index (κ2) is 3.06. The molecular formula is C10H12N4. The van der Waals surface area contributed by atoms with Gasteiger partial charge in [-0.15, -0.1) is 0 Å². The van der Waals surface area contributed by atoms with Crippen LogP contribution in [0, 0.1) is 0 Å². The van der Waals surface area contributed by atoms with Gasteiger partial charge < -0.3 is 5.32 Å². The molecule has 0 saturated carbocycles. The first-order chi connectivity index (χ1) is 6.93. The van der Waals surface area contributed by atoms with E-state index in [0.29, 0.717) is 6.04 Å². The van der Waals surface area contributed by atoms with Gasteiger partial charge in [0, 0.05) is 12.2 Å². The molecule has 0 spiro atoms. The highest BCUT2D eigenvalue weighted by molar-refractivity contribution is 5.40. The van der Waals surface area contributed by atoms with Gasteiger partial charge in [-0.3, -0.25) is 0 Å². The van der Waals surface area contributed by atoms with E-state index in [4.69, 9.17) is 0 Å². The Kier molecular flexibility index (Phi) is 1.73. The highest BCUT2D eigenvalue weighted by Crippen LogP contribution is 2.23. The molecule has 3 heterocycles. The van der Waals surface area contributed by atoms with Crippen molar-refractivity contribution in [3.8, 4) is 0 Å². The van der Waals surface area contributed by atoms with Crippen molar-refractivity contribution >= 4 is 5.65 Å². The van der Waals surface area contributed by atoms with Crippen LogP contribution in [0.2, 0.25) is 0 Å². The Morgan fingerprint density at radius 2 is 2.50 bits per heavy atom. The van der Waals surface area contributed by atoms with E-state index >= 15 is 0 Å². The smallest absolute Gasteiger partial charge is 0.155 e. The summed E-state index contributed by atoms with van der Waals surface area (Å²) in [6.45, 7) is 1.13. The lowest BCUT2D eigenvalue weighted by atomic mass is 10.1. The number of nitrogens with one attached hydrogen (secondary N) is 1. The molecule has 72 valence electrons. The SMILES string of the molecule is c1nc2cc([C@H]3CCCN3)ccn2n1. The van der Waals surface area contributed by atoms with E-state index in [-0.39, 0.29) is 0 Å². The molecule has 2 aromatic rings. The molecule has 1 saturated heterocycles. The number of fused-ring (bicyclic) bond motifs is 1. The van der Waals surface area contributed by atoms with Gasteiger partial charge in [0.2, 0.25) is 0 Å². The quantitative estimate of drug-likeness (QED) is 0.730. The van der Waals surface area contributed by atoms with Crippen LogP contribution in [-0.2, 0) is 0 Å². The summed E-state index contributed by atoms with van der Waals surface area (Å²) in [6.07, 6.45) is 6.05. The number of pyridine rings is 1. The Balaban J connectivity index is 2.04. The van der Waals surface area contributed by atoms with Crippen molar-refractivity contribution in [1.82, 2.24) is 19.9 Å². The fraction of sp³-hybridized carbons (Fsp3) is 0.400. The highest BCUT2D eigenvalue weighted by atomic mass is 15.3. The lowest BCUT2D eigenvalue weighted by Gasteiger charge is -2.09. The zero-order chi connectivity index (χ0) is 9.38. The van der Waals surface area contributed by atoms with Crippen LogP contribution in [0.1, 0.15) is 24.4 Å². The van der Waals surface area contributed by atoms with Crippen molar-refractivity contribution in [1.29, 1.82) is 0 Å². The molecule has 14 heavy (non-hydrogen) atoms. The van der Waals surface area contributed by atoms with Gasteiger partial charge in [0.05, 0.1) is 0 Å². The summed E-state index contributed by atoms with van der Waals surface area (Å²) in [5.74, 6) is 0. The molecule has 0 bridgehead atoms. The van der Waals surface area contributed by atoms with Gasteiger partial charge in [-0.25, -0.2) is 9.50 Å². The first-order valence-electron chi connectivity index (χ1n) is 4.96. The second-order valence-electron chi connectivity index (χ2n) is 3.67. The van der Waals surface area contributed by atoms with Gasteiger partial charge >= 0.3 is 0 Å². The molecule has 1 aliphatic heterocycles. The largest absolute Gasteiger partial charge is 0.310 e. The van der Waals surface area contributed by atoms with E-state index in [9.17, 15) is 0 Å². The molecule has 1 N–H and O–H groups in total. The molecule has 3 rings (SSSR count). The maximum Gasteiger partial charge on any atom is 0.155 e. The van der Waals surface area contributed by atoms with Gasteiger partial charge in [0.1, 0.15) is 6.33 Å². The molecular weight excluding hydrogens is 176 g/mol. The Morgan fingerprint density at radius 1 is 1.50 bits per heavy atom. The summed E-state index contributed by atoms with van der Waals surface area (Å²) in [6, 6.07) is 4.73. The maximum absolute atomic E-state index is 4.17. The van der Waals surface area contributed by atoms with Crippen molar-refractivity contribution < 1.29 is 0 Å². The third-order valence-electron chi connectivity index (χ3n) is 2.77. The minimum atomic E-state index is 0.511. The molecule has 4 nitrogen and oxygen atoms in total.